The van der Waals surface area contributed by atoms with Crippen molar-refractivity contribution in [2.24, 2.45) is 5.92 Å². The molecule has 0 aliphatic carbocycles. The first kappa shape index (κ1) is 25.0. The Hall–Kier alpha value is -2.62. The molecule has 0 unspecified atom stereocenters. The van der Waals surface area contributed by atoms with Crippen LogP contribution in [0.25, 0.3) is 0 Å². The average molecular weight is 476 g/mol. The molecule has 33 heavy (non-hydrogen) atoms. The van der Waals surface area contributed by atoms with Gasteiger partial charge in [-0.15, -0.1) is 0 Å². The highest BCUT2D eigenvalue weighted by Gasteiger charge is 2.26. The minimum absolute atomic E-state index is 0.0254. The quantitative estimate of drug-likeness (QED) is 0.706. The fourth-order valence-electron chi connectivity index (χ4n) is 3.79. The van der Waals surface area contributed by atoms with Crippen LogP contribution in [0.1, 0.15) is 29.8 Å². The van der Waals surface area contributed by atoms with Gasteiger partial charge in [0.25, 0.3) is 15.9 Å². The van der Waals surface area contributed by atoms with E-state index in [1.54, 1.807) is 68.4 Å². The molecule has 0 saturated heterocycles. The van der Waals surface area contributed by atoms with E-state index in [0.717, 1.165) is 0 Å². The van der Waals surface area contributed by atoms with Gasteiger partial charge >= 0.3 is 0 Å². The van der Waals surface area contributed by atoms with E-state index in [9.17, 15) is 13.2 Å². The Bertz CT molecular complexity index is 1090. The van der Waals surface area contributed by atoms with Crippen molar-refractivity contribution in [2.75, 3.05) is 38.6 Å². The van der Waals surface area contributed by atoms with E-state index in [1.165, 1.54) is 0 Å². The normalized spacial score (nSPS) is 22.5. The summed E-state index contributed by atoms with van der Waals surface area (Å²) in [5.41, 5.74) is 1.33. The van der Waals surface area contributed by atoms with Gasteiger partial charge in [-0.3, -0.25) is 9.52 Å². The van der Waals surface area contributed by atoms with Crippen molar-refractivity contribution >= 4 is 21.6 Å². The van der Waals surface area contributed by atoms with Gasteiger partial charge in [0.05, 0.1) is 22.3 Å². The molecule has 0 aromatic heterocycles. The number of carbonyl (C=O) groups is 1. The molecule has 2 N–H and O–H groups in total. The van der Waals surface area contributed by atoms with E-state index in [0.29, 0.717) is 42.3 Å². The van der Waals surface area contributed by atoms with Crippen LogP contribution in [-0.4, -0.2) is 65.2 Å². The summed E-state index contributed by atoms with van der Waals surface area (Å²) in [6.07, 6.45) is -0.123. The molecule has 0 fully saturated rings. The monoisotopic (exact) mass is 475 g/mol. The van der Waals surface area contributed by atoms with Gasteiger partial charge in [0, 0.05) is 39.4 Å². The van der Waals surface area contributed by atoms with E-state index in [2.05, 4.69) is 17.0 Å². The van der Waals surface area contributed by atoms with Crippen molar-refractivity contribution in [3.8, 4) is 5.75 Å². The number of fused-ring (bicyclic) bond motifs is 1. The third-order valence-electron chi connectivity index (χ3n) is 5.86. The second-order valence-electron chi connectivity index (χ2n) is 8.64. The smallest absolute Gasteiger partial charge is 0.262 e. The van der Waals surface area contributed by atoms with E-state index in [4.69, 9.17) is 9.47 Å². The van der Waals surface area contributed by atoms with Gasteiger partial charge in [-0.1, -0.05) is 25.1 Å². The summed E-state index contributed by atoms with van der Waals surface area (Å²) in [4.78, 5) is 15.0. The minimum atomic E-state index is -3.79. The SMILES string of the molecule is CO[C@H]1CN(C)C(=O)c2ccc(NS(=O)(=O)c3ccccc3C)cc2OC[C@@H](C)NC[C@H]1C. The predicted molar refractivity (Wildman–Crippen MR) is 128 cm³/mol. The highest BCUT2D eigenvalue weighted by Crippen LogP contribution is 2.28. The van der Waals surface area contributed by atoms with Crippen molar-refractivity contribution in [1.29, 1.82) is 0 Å². The number of hydrogen-bond acceptors (Lipinski definition) is 6. The summed E-state index contributed by atoms with van der Waals surface area (Å²) >= 11 is 0. The number of carbonyl (C=O) groups excluding carboxylic acids is 1. The summed E-state index contributed by atoms with van der Waals surface area (Å²) in [5, 5.41) is 3.43. The second kappa shape index (κ2) is 10.5. The van der Waals surface area contributed by atoms with Gasteiger partial charge in [-0.25, -0.2) is 8.42 Å². The van der Waals surface area contributed by atoms with Crippen LogP contribution >= 0.6 is 0 Å². The van der Waals surface area contributed by atoms with Crippen LogP contribution in [0.2, 0.25) is 0 Å². The van der Waals surface area contributed by atoms with Gasteiger partial charge in [0.2, 0.25) is 0 Å². The molecule has 1 aliphatic heterocycles. The number of amides is 1. The first-order chi connectivity index (χ1) is 15.6. The molecule has 8 nitrogen and oxygen atoms in total. The molecule has 2 aromatic carbocycles. The fourth-order valence-corrected chi connectivity index (χ4v) is 5.08. The third-order valence-corrected chi connectivity index (χ3v) is 7.40. The maximum Gasteiger partial charge on any atom is 0.262 e. The Kier molecular flexibility index (Phi) is 7.99. The van der Waals surface area contributed by atoms with Crippen LogP contribution in [0.4, 0.5) is 5.69 Å². The molecular formula is C24H33N3O5S. The summed E-state index contributed by atoms with van der Waals surface area (Å²) in [7, 11) is -0.417. The molecule has 1 aliphatic rings. The zero-order valence-corrected chi connectivity index (χ0v) is 20.6. The number of likely N-dealkylation sites (N-methyl/N-ethyl adjacent to an activating group) is 1. The number of nitrogens with one attached hydrogen (secondary N) is 2. The molecule has 2 aromatic rings. The van der Waals surface area contributed by atoms with Crippen LogP contribution in [0, 0.1) is 12.8 Å². The highest BCUT2D eigenvalue weighted by molar-refractivity contribution is 7.92. The number of sulfonamides is 1. The lowest BCUT2D eigenvalue weighted by Gasteiger charge is -2.30. The topological polar surface area (TPSA) is 97.0 Å². The van der Waals surface area contributed by atoms with Crippen LogP contribution in [0.5, 0.6) is 5.75 Å². The van der Waals surface area contributed by atoms with Crippen molar-refractivity contribution in [3.63, 3.8) is 0 Å². The zero-order valence-electron chi connectivity index (χ0n) is 19.8. The lowest BCUT2D eigenvalue weighted by atomic mass is 10.0. The number of nitrogens with zero attached hydrogens (tertiary/aromatic N) is 1. The largest absolute Gasteiger partial charge is 0.491 e. The number of hydrogen-bond donors (Lipinski definition) is 2. The first-order valence-electron chi connectivity index (χ1n) is 11.0. The van der Waals surface area contributed by atoms with E-state index < -0.39 is 10.0 Å². The van der Waals surface area contributed by atoms with E-state index >= 15 is 0 Å². The molecule has 0 bridgehead atoms. The molecule has 1 heterocycles. The summed E-state index contributed by atoms with van der Waals surface area (Å²) in [6, 6.07) is 11.5. The van der Waals surface area contributed by atoms with Crippen molar-refractivity contribution < 1.29 is 22.7 Å². The Labute approximate surface area is 196 Å². The minimum Gasteiger partial charge on any atom is -0.491 e. The molecule has 0 saturated carbocycles. The third kappa shape index (κ3) is 6.04. The standard InChI is InChI=1S/C24H33N3O5S/c1-16-8-6-7-9-23(16)33(29,30)26-19-10-11-20-21(12-19)32-15-18(3)25-13-17(2)22(31-5)14-27(4)24(20)28/h6-12,17-18,22,25-26H,13-15H2,1-5H3/t17-,18-,22+/m1/s1. The Morgan fingerprint density at radius 2 is 1.91 bits per heavy atom. The van der Waals surface area contributed by atoms with Gasteiger partial charge in [-0.2, -0.15) is 0 Å². The maximum absolute atomic E-state index is 13.2. The van der Waals surface area contributed by atoms with Crippen LogP contribution in [-0.2, 0) is 14.8 Å². The maximum atomic E-state index is 13.2. The van der Waals surface area contributed by atoms with E-state index in [-0.39, 0.29) is 28.9 Å². The van der Waals surface area contributed by atoms with E-state index in [1.807, 2.05) is 6.92 Å². The lowest BCUT2D eigenvalue weighted by molar-refractivity contribution is 0.0281. The van der Waals surface area contributed by atoms with Crippen LogP contribution in [0.3, 0.4) is 0 Å². The molecule has 3 rings (SSSR count). The van der Waals surface area contributed by atoms with Gasteiger partial charge in [-0.05, 0) is 43.5 Å². The van der Waals surface area contributed by atoms with Crippen molar-refractivity contribution in [3.05, 3.63) is 53.6 Å². The Balaban J connectivity index is 1.93. The first-order valence-corrected chi connectivity index (χ1v) is 12.5. The van der Waals surface area contributed by atoms with Crippen molar-refractivity contribution in [1.82, 2.24) is 10.2 Å². The van der Waals surface area contributed by atoms with Crippen LogP contribution in [0.15, 0.2) is 47.4 Å². The number of benzene rings is 2. The van der Waals surface area contributed by atoms with Gasteiger partial charge in [0.1, 0.15) is 12.4 Å². The number of rotatable bonds is 4. The zero-order chi connectivity index (χ0) is 24.2. The highest BCUT2D eigenvalue weighted by atomic mass is 32.2. The second-order valence-corrected chi connectivity index (χ2v) is 10.3. The molecule has 3 atom stereocenters. The van der Waals surface area contributed by atoms with Gasteiger partial charge in [0.15, 0.2) is 0 Å². The molecular weight excluding hydrogens is 442 g/mol. The van der Waals surface area contributed by atoms with Crippen molar-refractivity contribution in [2.45, 2.75) is 37.8 Å². The number of aryl methyl sites for hydroxylation is 1. The molecule has 180 valence electrons. The lowest BCUT2D eigenvalue weighted by Crippen LogP contribution is -2.44. The van der Waals surface area contributed by atoms with Gasteiger partial charge < -0.3 is 19.7 Å². The average Bonchev–Trinajstić information content (AvgIpc) is 2.78. The Morgan fingerprint density at radius 3 is 2.61 bits per heavy atom. The summed E-state index contributed by atoms with van der Waals surface area (Å²) in [6.45, 7) is 7.29. The number of ether oxygens (including phenoxy) is 2. The summed E-state index contributed by atoms with van der Waals surface area (Å²) < 4.78 is 40.1. The Morgan fingerprint density at radius 1 is 1.18 bits per heavy atom. The molecule has 0 radical (unpaired) electrons. The predicted octanol–water partition coefficient (Wildman–Crippen LogP) is 2.89. The summed E-state index contributed by atoms with van der Waals surface area (Å²) in [5.74, 6) is 0.312. The molecule has 1 amide bonds. The number of anilines is 1. The molecule has 0 spiro atoms. The molecule has 9 heteroatoms. The number of methoxy groups -OCH3 is 1. The fraction of sp³-hybridized carbons (Fsp3) is 0.458. The van der Waals surface area contributed by atoms with Crippen LogP contribution < -0.4 is 14.8 Å².